The number of amides is 1. The van der Waals surface area contributed by atoms with Crippen molar-refractivity contribution in [3.63, 3.8) is 0 Å². The number of hydroxylamine groups is 1. The number of carbonyl (C=O) groups is 1. The molecule has 0 spiro atoms. The van der Waals surface area contributed by atoms with Crippen molar-refractivity contribution in [2.45, 2.75) is 25.2 Å². The first kappa shape index (κ1) is 16.5. The first-order chi connectivity index (χ1) is 11.6. The van der Waals surface area contributed by atoms with Crippen LogP contribution in [0.1, 0.15) is 30.7 Å². The average molecular weight is 348 g/mol. The van der Waals surface area contributed by atoms with Crippen LogP contribution in [-0.2, 0) is 4.79 Å². The van der Waals surface area contributed by atoms with Gasteiger partial charge in [-0.15, -0.1) is 12.3 Å². The zero-order valence-electron chi connectivity index (χ0n) is 12.9. The maximum atomic E-state index is 14.3. The van der Waals surface area contributed by atoms with Gasteiger partial charge in [-0.1, -0.05) is 0 Å². The van der Waals surface area contributed by atoms with Crippen LogP contribution in [0.3, 0.4) is 0 Å². The normalized spacial score (nSPS) is 19.6. The highest BCUT2D eigenvalue weighted by molar-refractivity contribution is 7.80. The van der Waals surface area contributed by atoms with Gasteiger partial charge in [0, 0.05) is 31.1 Å². The van der Waals surface area contributed by atoms with E-state index in [1.54, 1.807) is 5.01 Å². The number of halogens is 1. The van der Waals surface area contributed by atoms with Crippen molar-refractivity contribution in [2.75, 3.05) is 18.4 Å². The van der Waals surface area contributed by atoms with Gasteiger partial charge in [0.15, 0.2) is 16.7 Å². The predicted molar refractivity (Wildman–Crippen MR) is 91.5 cm³/mol. The molecule has 3 N–H and O–H groups in total. The summed E-state index contributed by atoms with van der Waals surface area (Å²) in [5, 5.41) is 5.04. The molecule has 0 aromatic heterocycles. The minimum atomic E-state index is -0.582. The van der Waals surface area contributed by atoms with Crippen LogP contribution in [0.15, 0.2) is 12.1 Å². The summed E-state index contributed by atoms with van der Waals surface area (Å²) in [6.45, 7) is 1.58. The monoisotopic (exact) mass is 348 g/mol. The van der Waals surface area contributed by atoms with E-state index in [9.17, 15) is 9.18 Å². The highest BCUT2D eigenvalue weighted by atomic mass is 32.1. The maximum Gasteiger partial charge on any atom is 0.261 e. The lowest BCUT2D eigenvalue weighted by atomic mass is 9.93. The third kappa shape index (κ3) is 3.27. The van der Waals surface area contributed by atoms with Gasteiger partial charge in [-0.3, -0.25) is 9.80 Å². The van der Waals surface area contributed by atoms with E-state index in [1.807, 2.05) is 0 Å². The molecule has 1 aromatic rings. The van der Waals surface area contributed by atoms with E-state index >= 15 is 0 Å². The van der Waals surface area contributed by atoms with E-state index in [0.29, 0.717) is 10.7 Å². The van der Waals surface area contributed by atoms with E-state index in [-0.39, 0.29) is 23.8 Å². The molecule has 2 aliphatic rings. The zero-order valence-corrected chi connectivity index (χ0v) is 13.7. The molecule has 1 atom stereocenters. The van der Waals surface area contributed by atoms with Gasteiger partial charge in [0.1, 0.15) is 0 Å². The van der Waals surface area contributed by atoms with Crippen LogP contribution in [-0.4, -0.2) is 29.1 Å². The molecule has 0 saturated carbocycles. The quantitative estimate of drug-likeness (QED) is 0.558. The van der Waals surface area contributed by atoms with Crippen LogP contribution in [0, 0.1) is 18.2 Å². The molecule has 1 unspecified atom stereocenters. The molecule has 3 rings (SSSR count). The minimum Gasteiger partial charge on any atom is -0.379 e. The van der Waals surface area contributed by atoms with Crippen molar-refractivity contribution in [3.05, 3.63) is 23.5 Å². The van der Waals surface area contributed by atoms with Crippen LogP contribution in [0.5, 0.6) is 5.75 Å². The maximum absolute atomic E-state index is 14.3. The largest absolute Gasteiger partial charge is 0.379 e. The fraction of sp³-hybridized carbons (Fsp3) is 0.375. The van der Waals surface area contributed by atoms with E-state index in [1.165, 1.54) is 12.1 Å². The highest BCUT2D eigenvalue weighted by Gasteiger charge is 2.30. The number of nitrogens with zero attached hydrogens (tertiary/aromatic N) is 1. The second-order valence-electron chi connectivity index (χ2n) is 5.60. The Labute approximate surface area is 144 Å². The molecule has 1 amide bonds. The Morgan fingerprint density at radius 2 is 2.38 bits per heavy atom. The molecule has 0 bridgehead atoms. The number of carbonyl (C=O) groups excluding carboxylic acids is 1. The molecular formula is C16H17FN4O2S. The van der Waals surface area contributed by atoms with E-state index in [2.05, 4.69) is 22.1 Å². The average Bonchev–Trinajstić information content (AvgIpc) is 2.59. The lowest BCUT2D eigenvalue weighted by Gasteiger charge is -2.30. The van der Waals surface area contributed by atoms with Crippen LogP contribution >= 0.6 is 12.2 Å². The number of hydrogen-bond acceptors (Lipinski definition) is 4. The minimum absolute atomic E-state index is 0.187. The van der Waals surface area contributed by atoms with E-state index in [4.69, 9.17) is 23.5 Å². The van der Waals surface area contributed by atoms with Gasteiger partial charge < -0.3 is 10.2 Å². The molecule has 1 aromatic carbocycles. The molecule has 1 fully saturated rings. The van der Waals surface area contributed by atoms with E-state index < -0.39 is 11.7 Å². The topological polar surface area (TPSA) is 65.6 Å². The molecule has 8 heteroatoms. The number of hydrogen-bond donors (Lipinski definition) is 3. The zero-order chi connectivity index (χ0) is 17.1. The number of anilines is 1. The summed E-state index contributed by atoms with van der Waals surface area (Å²) >= 11 is 5.32. The lowest BCUT2D eigenvalue weighted by molar-refractivity contribution is -0.130. The Balaban J connectivity index is 1.85. The molecule has 24 heavy (non-hydrogen) atoms. The molecule has 2 heterocycles. The van der Waals surface area contributed by atoms with Gasteiger partial charge in [-0.05, 0) is 31.1 Å². The second-order valence-corrected chi connectivity index (χ2v) is 5.98. The summed E-state index contributed by atoms with van der Waals surface area (Å²) < 4.78 is 14.3. The van der Waals surface area contributed by atoms with Crippen molar-refractivity contribution in [2.24, 2.45) is 0 Å². The number of terminal acetylenes is 1. The molecule has 2 aliphatic heterocycles. The Hall–Kier alpha value is -2.37. The number of rotatable bonds is 2. The Morgan fingerprint density at radius 3 is 3.08 bits per heavy atom. The summed E-state index contributed by atoms with van der Waals surface area (Å²) in [6, 6.07) is 2.74. The van der Waals surface area contributed by atoms with Crippen LogP contribution < -0.4 is 21.1 Å². The number of benzene rings is 1. The first-order valence-corrected chi connectivity index (χ1v) is 8.06. The van der Waals surface area contributed by atoms with Crippen LogP contribution in [0.4, 0.5) is 10.1 Å². The summed E-state index contributed by atoms with van der Waals surface area (Å²) in [4.78, 5) is 17.0. The van der Waals surface area contributed by atoms with Crippen molar-refractivity contribution >= 4 is 28.9 Å². The standard InChI is InChI=1S/C16H17FN4O2S/c1-2-5-10-11-8-13(12(17)9-14(11)23-20-15(10)22)19-16(24)21-7-4-3-6-18-21/h1,8-10,18H,3-7H2,(H,19,24)(H,20,22). The number of fused-ring (bicyclic) bond motifs is 1. The third-order valence-electron chi connectivity index (χ3n) is 3.97. The first-order valence-electron chi connectivity index (χ1n) is 7.66. The van der Waals surface area contributed by atoms with Crippen molar-refractivity contribution < 1.29 is 14.0 Å². The van der Waals surface area contributed by atoms with Gasteiger partial charge in [-0.2, -0.15) is 5.48 Å². The van der Waals surface area contributed by atoms with Crippen LogP contribution in [0.25, 0.3) is 0 Å². The number of nitrogens with one attached hydrogen (secondary N) is 3. The molecule has 0 aliphatic carbocycles. The van der Waals surface area contributed by atoms with Gasteiger partial charge in [-0.25, -0.2) is 9.82 Å². The fourth-order valence-corrected chi connectivity index (χ4v) is 2.98. The summed E-state index contributed by atoms with van der Waals surface area (Å²) in [7, 11) is 0. The SMILES string of the molecule is C#CCC1C(=O)NOc2cc(F)c(NC(=S)N3CCCCN3)cc21. The smallest absolute Gasteiger partial charge is 0.261 e. The second kappa shape index (κ2) is 7.03. The van der Waals surface area contributed by atoms with Gasteiger partial charge in [0.2, 0.25) is 0 Å². The summed E-state index contributed by atoms with van der Waals surface area (Å²) in [5.74, 6) is 1.26. The number of hydrazine groups is 1. The van der Waals surface area contributed by atoms with E-state index in [0.717, 1.165) is 25.9 Å². The number of thiocarbonyl (C=S) groups is 1. The fourth-order valence-electron chi connectivity index (χ4n) is 2.71. The molecule has 6 nitrogen and oxygen atoms in total. The summed E-state index contributed by atoms with van der Waals surface area (Å²) in [5.41, 5.74) is 6.12. The van der Waals surface area contributed by atoms with Crippen molar-refractivity contribution in [1.29, 1.82) is 0 Å². The lowest BCUT2D eigenvalue weighted by Crippen LogP contribution is -2.48. The molecule has 1 saturated heterocycles. The predicted octanol–water partition coefficient (Wildman–Crippen LogP) is 1.65. The summed E-state index contributed by atoms with van der Waals surface area (Å²) in [6.07, 6.45) is 7.62. The Kier molecular flexibility index (Phi) is 4.83. The molecule has 0 radical (unpaired) electrons. The Morgan fingerprint density at radius 1 is 1.54 bits per heavy atom. The van der Waals surface area contributed by atoms with Crippen LogP contribution in [0.2, 0.25) is 0 Å². The van der Waals surface area contributed by atoms with Crippen molar-refractivity contribution in [3.8, 4) is 18.1 Å². The van der Waals surface area contributed by atoms with Gasteiger partial charge in [0.05, 0.1) is 11.6 Å². The Bertz CT molecular complexity index is 713. The highest BCUT2D eigenvalue weighted by Crippen LogP contribution is 2.36. The molecular weight excluding hydrogens is 331 g/mol. The third-order valence-corrected chi connectivity index (χ3v) is 4.30. The van der Waals surface area contributed by atoms with Crippen molar-refractivity contribution in [1.82, 2.24) is 15.9 Å². The molecule has 126 valence electrons. The van der Waals surface area contributed by atoms with Gasteiger partial charge >= 0.3 is 0 Å². The van der Waals surface area contributed by atoms with Gasteiger partial charge in [0.25, 0.3) is 5.91 Å².